The Morgan fingerprint density at radius 1 is 0.109 bits per heavy atom. The Labute approximate surface area is 295 Å². The van der Waals surface area contributed by atoms with Crippen molar-refractivity contribution in [1.29, 1.82) is 0 Å². The maximum Gasteiger partial charge on any atom is -0.0533 e. The van der Waals surface area contributed by atoms with Gasteiger partial charge in [0, 0.05) is 0 Å². The zero-order valence-electron chi connectivity index (χ0n) is 32.5. The van der Waals surface area contributed by atoms with Crippen molar-refractivity contribution in [3.63, 3.8) is 0 Å². The number of hydrogen-bond acceptors (Lipinski definition) is 0. The van der Waals surface area contributed by atoms with Gasteiger partial charge in [-0.05, 0) is 0 Å². The summed E-state index contributed by atoms with van der Waals surface area (Å²) >= 11 is 0. The van der Waals surface area contributed by atoms with Crippen molar-refractivity contribution in [2.45, 2.75) is 283 Å². The van der Waals surface area contributed by atoms with Crippen LogP contribution in [0.4, 0.5) is 0 Å². The van der Waals surface area contributed by atoms with Crippen molar-refractivity contribution in [3.05, 3.63) is 13.8 Å². The molecule has 0 aromatic heterocycles. The quantitative estimate of drug-likeness (QED) is 0.0579. The van der Waals surface area contributed by atoms with Gasteiger partial charge >= 0.3 is 0 Å². The molecule has 0 aromatic carbocycles. The van der Waals surface area contributed by atoms with Crippen LogP contribution in [0.25, 0.3) is 0 Å². The molecule has 0 heteroatoms. The van der Waals surface area contributed by atoms with E-state index in [1.807, 2.05) is 0 Å². The van der Waals surface area contributed by atoms with Crippen LogP contribution >= 0.6 is 0 Å². The zero-order valence-corrected chi connectivity index (χ0v) is 32.5. The highest BCUT2D eigenvalue weighted by Gasteiger charge is 1.98. The van der Waals surface area contributed by atoms with Gasteiger partial charge in [0.2, 0.25) is 0 Å². The molecule has 0 saturated heterocycles. The summed E-state index contributed by atoms with van der Waals surface area (Å²) in [7, 11) is 0. The van der Waals surface area contributed by atoms with Gasteiger partial charge in [0.1, 0.15) is 0 Å². The first kappa shape index (κ1) is 46.0. The predicted octanol–water partition coefficient (Wildman–Crippen LogP) is 17.8. The lowest BCUT2D eigenvalue weighted by molar-refractivity contribution is 0.509. The van der Waals surface area contributed by atoms with Gasteiger partial charge in [0.25, 0.3) is 0 Å². The second kappa shape index (κ2) is 45.0. The molecule has 0 bridgehead atoms. The fraction of sp³-hybridized carbons (Fsp3) is 0.957. The first-order valence-electron chi connectivity index (χ1n) is 22.5. The van der Waals surface area contributed by atoms with Crippen molar-refractivity contribution >= 4 is 0 Å². The molecule has 0 aliphatic rings. The predicted molar refractivity (Wildman–Crippen MR) is 214 cm³/mol. The highest BCUT2D eigenvalue weighted by atomic mass is 14.0. The molecule has 0 aliphatic heterocycles. The molecule has 2 radical (unpaired) electrons. The maximum absolute atomic E-state index is 3.93. The van der Waals surface area contributed by atoms with Crippen LogP contribution < -0.4 is 0 Å². The van der Waals surface area contributed by atoms with E-state index in [0.29, 0.717) is 0 Å². The summed E-state index contributed by atoms with van der Waals surface area (Å²) in [4.78, 5) is 0. The van der Waals surface area contributed by atoms with Crippen LogP contribution in [0.15, 0.2) is 0 Å². The summed E-state index contributed by atoms with van der Waals surface area (Å²) in [6.45, 7) is 7.87. The van der Waals surface area contributed by atoms with E-state index >= 15 is 0 Å². The zero-order chi connectivity index (χ0) is 33.1. The van der Waals surface area contributed by atoms with E-state index < -0.39 is 0 Å². The minimum atomic E-state index is 1.12. The Hall–Kier alpha value is 0. The molecule has 0 aliphatic carbocycles. The van der Waals surface area contributed by atoms with E-state index in [2.05, 4.69) is 13.8 Å². The molecule has 46 heavy (non-hydrogen) atoms. The molecule has 276 valence electrons. The van der Waals surface area contributed by atoms with Gasteiger partial charge in [0.15, 0.2) is 0 Å². The average Bonchev–Trinajstić information content (AvgIpc) is 3.07. The molecule has 0 aromatic rings. The molecule has 0 fully saturated rings. The minimum absolute atomic E-state index is 1.12. The second-order valence-electron chi connectivity index (χ2n) is 15.6. The summed E-state index contributed by atoms with van der Waals surface area (Å²) in [6, 6.07) is 0. The monoisotopic (exact) mass is 645 g/mol. The summed E-state index contributed by atoms with van der Waals surface area (Å²) in [5.74, 6) is 0. The standard InChI is InChI=1S/C46H92/c1-3-5-7-9-11-13-15-17-19-21-23-25-27-29-31-33-35-37-39-41-43-45-46-44-42-40-38-36-34-32-30-28-26-24-22-20-18-16-14-12-10-8-6-4-2/h1-46H2. The Kier molecular flexibility index (Phi) is 45.0. The topological polar surface area (TPSA) is 0 Å². The Bertz CT molecular complexity index is 436. The van der Waals surface area contributed by atoms with Gasteiger partial charge in [-0.2, -0.15) is 0 Å². The molecule has 0 heterocycles. The van der Waals surface area contributed by atoms with E-state index in [4.69, 9.17) is 0 Å². The molecule has 0 amide bonds. The molecule has 0 spiro atoms. The van der Waals surface area contributed by atoms with Crippen LogP contribution in [0.3, 0.4) is 0 Å². The van der Waals surface area contributed by atoms with Crippen molar-refractivity contribution < 1.29 is 0 Å². The fourth-order valence-corrected chi connectivity index (χ4v) is 7.42. The van der Waals surface area contributed by atoms with Gasteiger partial charge in [-0.3, -0.25) is 0 Å². The van der Waals surface area contributed by atoms with Gasteiger partial charge in [-0.15, -0.1) is 0 Å². The van der Waals surface area contributed by atoms with Crippen molar-refractivity contribution in [2.24, 2.45) is 0 Å². The van der Waals surface area contributed by atoms with E-state index in [0.717, 1.165) is 12.8 Å². The van der Waals surface area contributed by atoms with Crippen LogP contribution in [0.5, 0.6) is 0 Å². The SMILES string of the molecule is [CH2]CCCCCCCCCCCCCCCCCCCCCCCCCCCCCCCCCCCCCCCCCCCC[CH2]. The normalized spacial score (nSPS) is 11.6. The van der Waals surface area contributed by atoms with E-state index in [1.54, 1.807) is 0 Å². The maximum atomic E-state index is 3.93. The Balaban J connectivity index is 3.03. The lowest BCUT2D eigenvalue weighted by Crippen LogP contribution is -1.85. The summed E-state index contributed by atoms with van der Waals surface area (Å²) in [5, 5.41) is 0. The van der Waals surface area contributed by atoms with Crippen LogP contribution in [0.1, 0.15) is 283 Å². The van der Waals surface area contributed by atoms with Crippen LogP contribution in [0.2, 0.25) is 0 Å². The number of unbranched alkanes of at least 4 members (excludes halogenated alkanes) is 43. The molecule has 0 rings (SSSR count). The molecule has 0 unspecified atom stereocenters. The van der Waals surface area contributed by atoms with Crippen molar-refractivity contribution in [3.8, 4) is 0 Å². The second-order valence-corrected chi connectivity index (χ2v) is 15.6. The van der Waals surface area contributed by atoms with E-state index in [1.165, 1.54) is 270 Å². The van der Waals surface area contributed by atoms with Crippen molar-refractivity contribution in [1.82, 2.24) is 0 Å². The largest absolute Gasteiger partial charge is 0.0533 e. The van der Waals surface area contributed by atoms with Crippen LogP contribution in [-0.4, -0.2) is 0 Å². The highest BCUT2D eigenvalue weighted by Crippen LogP contribution is 2.18. The molecule has 0 saturated carbocycles. The van der Waals surface area contributed by atoms with Gasteiger partial charge in [-0.1, -0.05) is 296 Å². The first-order chi connectivity index (χ1) is 22.9. The molecular formula is C46H92. The number of rotatable bonds is 43. The van der Waals surface area contributed by atoms with Gasteiger partial charge in [-0.25, -0.2) is 0 Å². The third kappa shape index (κ3) is 44.0. The molecule has 0 atom stereocenters. The van der Waals surface area contributed by atoms with Crippen LogP contribution in [-0.2, 0) is 0 Å². The first-order valence-corrected chi connectivity index (χ1v) is 22.5. The summed E-state index contributed by atoms with van der Waals surface area (Å²) in [6.07, 6.45) is 64.1. The Morgan fingerprint density at radius 2 is 0.174 bits per heavy atom. The van der Waals surface area contributed by atoms with Crippen LogP contribution in [0, 0.1) is 13.8 Å². The molecular weight excluding hydrogens is 553 g/mol. The van der Waals surface area contributed by atoms with E-state index in [-0.39, 0.29) is 0 Å². The van der Waals surface area contributed by atoms with E-state index in [9.17, 15) is 0 Å². The smallest absolute Gasteiger partial charge is 0.0533 e. The van der Waals surface area contributed by atoms with Gasteiger partial charge < -0.3 is 0 Å². The highest BCUT2D eigenvalue weighted by molar-refractivity contribution is 4.54. The Morgan fingerprint density at radius 3 is 0.239 bits per heavy atom. The summed E-state index contributed by atoms with van der Waals surface area (Å²) in [5.41, 5.74) is 0. The lowest BCUT2D eigenvalue weighted by atomic mass is 10.0. The van der Waals surface area contributed by atoms with Gasteiger partial charge in [0.05, 0.1) is 0 Å². The summed E-state index contributed by atoms with van der Waals surface area (Å²) < 4.78 is 0. The third-order valence-electron chi connectivity index (χ3n) is 10.7. The molecule has 0 N–H and O–H groups in total. The lowest BCUT2D eigenvalue weighted by Gasteiger charge is -2.05. The fourth-order valence-electron chi connectivity index (χ4n) is 7.42. The minimum Gasteiger partial charge on any atom is -0.0533 e. The molecule has 0 nitrogen and oxygen atoms in total. The third-order valence-corrected chi connectivity index (χ3v) is 10.7. The van der Waals surface area contributed by atoms with Crippen molar-refractivity contribution in [2.75, 3.05) is 0 Å². The average molecular weight is 645 g/mol. The number of hydrogen-bond donors (Lipinski definition) is 0.